The molecule has 0 aromatic heterocycles. The highest BCUT2D eigenvalue weighted by molar-refractivity contribution is 9.10. The van der Waals surface area contributed by atoms with Crippen LogP contribution in [-0.2, 0) is 9.84 Å². The highest BCUT2D eigenvalue weighted by atomic mass is 79.9. The highest BCUT2D eigenvalue weighted by Crippen LogP contribution is 2.37. The monoisotopic (exact) mass is 304 g/mol. The van der Waals surface area contributed by atoms with Crippen LogP contribution >= 0.6 is 15.9 Å². The number of rotatable bonds is 1. The van der Waals surface area contributed by atoms with Gasteiger partial charge in [-0.3, -0.25) is 0 Å². The summed E-state index contributed by atoms with van der Waals surface area (Å²) in [6.45, 7) is 0.330. The summed E-state index contributed by atoms with van der Waals surface area (Å²) in [5.41, 5.74) is 6.31. The summed E-state index contributed by atoms with van der Waals surface area (Å²) in [4.78, 5) is 2.31. The number of anilines is 1. The van der Waals surface area contributed by atoms with Gasteiger partial charge in [-0.2, -0.15) is 0 Å². The summed E-state index contributed by atoms with van der Waals surface area (Å²) >= 11 is 3.38. The second kappa shape index (κ2) is 4.01. The summed E-state index contributed by atoms with van der Waals surface area (Å²) in [6, 6.07) is 5.05. The first-order valence-corrected chi connectivity index (χ1v) is 7.36. The standard InChI is InChI=1S/C10H13BrN2O2S/c1-13-7(5-12)6-16(14,15)9-4-2-3-8(11)10(9)13/h2-4,7H,5-6,12H2,1H3. The molecule has 4 nitrogen and oxygen atoms in total. The van der Waals surface area contributed by atoms with E-state index in [-0.39, 0.29) is 11.8 Å². The number of likely N-dealkylation sites (N-methyl/N-ethyl adjacent to an activating group) is 1. The zero-order chi connectivity index (χ0) is 11.9. The average Bonchev–Trinajstić information content (AvgIpc) is 2.23. The van der Waals surface area contributed by atoms with Crippen LogP contribution in [0.4, 0.5) is 5.69 Å². The van der Waals surface area contributed by atoms with Gasteiger partial charge in [-0.15, -0.1) is 0 Å². The van der Waals surface area contributed by atoms with Crippen LogP contribution in [0.3, 0.4) is 0 Å². The normalized spacial score (nSPS) is 22.9. The molecule has 0 fully saturated rings. The second-order valence-corrected chi connectivity index (χ2v) is 6.73. The van der Waals surface area contributed by atoms with Crippen LogP contribution in [0.25, 0.3) is 0 Å². The maximum atomic E-state index is 12.0. The van der Waals surface area contributed by atoms with Crippen molar-refractivity contribution in [2.75, 3.05) is 24.2 Å². The van der Waals surface area contributed by atoms with Crippen molar-refractivity contribution in [1.82, 2.24) is 0 Å². The average molecular weight is 305 g/mol. The first-order chi connectivity index (χ1) is 7.47. The molecule has 1 aliphatic heterocycles. The van der Waals surface area contributed by atoms with Crippen molar-refractivity contribution in [3.63, 3.8) is 0 Å². The number of fused-ring (bicyclic) bond motifs is 1. The lowest BCUT2D eigenvalue weighted by atomic mass is 10.2. The Bertz CT molecular complexity index is 516. The van der Waals surface area contributed by atoms with Gasteiger partial charge >= 0.3 is 0 Å². The molecule has 1 unspecified atom stereocenters. The molecule has 1 heterocycles. The van der Waals surface area contributed by atoms with Gasteiger partial charge in [0.1, 0.15) is 0 Å². The topological polar surface area (TPSA) is 63.4 Å². The molecule has 0 saturated heterocycles. The Kier molecular flexibility index (Phi) is 2.98. The predicted molar refractivity (Wildman–Crippen MR) is 67.4 cm³/mol. The second-order valence-electron chi connectivity index (χ2n) is 3.87. The van der Waals surface area contributed by atoms with Crippen molar-refractivity contribution in [3.8, 4) is 0 Å². The van der Waals surface area contributed by atoms with Crippen LogP contribution in [0.2, 0.25) is 0 Å². The zero-order valence-electron chi connectivity index (χ0n) is 8.85. The minimum atomic E-state index is -3.21. The Morgan fingerprint density at radius 2 is 2.25 bits per heavy atom. The van der Waals surface area contributed by atoms with Crippen LogP contribution in [0.15, 0.2) is 27.6 Å². The summed E-state index contributed by atoms with van der Waals surface area (Å²) in [5, 5.41) is 0. The van der Waals surface area contributed by atoms with Gasteiger partial charge in [-0.1, -0.05) is 6.07 Å². The zero-order valence-corrected chi connectivity index (χ0v) is 11.3. The number of halogens is 1. The number of hydrogen-bond donors (Lipinski definition) is 1. The van der Waals surface area contributed by atoms with Gasteiger partial charge in [0.25, 0.3) is 0 Å². The molecule has 2 rings (SSSR count). The summed E-state index contributed by atoms with van der Waals surface area (Å²) in [5.74, 6) is 0.0868. The molecule has 0 radical (unpaired) electrons. The number of nitrogens with zero attached hydrogens (tertiary/aromatic N) is 1. The van der Waals surface area contributed by atoms with Crippen LogP contribution in [0, 0.1) is 0 Å². The predicted octanol–water partition coefficient (Wildman–Crippen LogP) is 1.000. The molecule has 0 spiro atoms. The molecule has 1 atom stereocenters. The summed E-state index contributed by atoms with van der Waals surface area (Å²) < 4.78 is 24.9. The first kappa shape index (κ1) is 11.9. The molecular weight excluding hydrogens is 292 g/mol. The van der Waals surface area contributed by atoms with Gasteiger partial charge < -0.3 is 10.6 Å². The third-order valence-electron chi connectivity index (χ3n) is 2.87. The van der Waals surface area contributed by atoms with Crippen molar-refractivity contribution < 1.29 is 8.42 Å². The van der Waals surface area contributed by atoms with Crippen LogP contribution in [0.5, 0.6) is 0 Å². The third kappa shape index (κ3) is 1.74. The SMILES string of the molecule is CN1c2c(Br)cccc2S(=O)(=O)CC1CN. The van der Waals surface area contributed by atoms with Crippen molar-refractivity contribution in [1.29, 1.82) is 0 Å². The first-order valence-electron chi connectivity index (χ1n) is 4.91. The van der Waals surface area contributed by atoms with Crippen LogP contribution in [-0.4, -0.2) is 33.8 Å². The lowest BCUT2D eigenvalue weighted by Crippen LogP contribution is -2.46. The van der Waals surface area contributed by atoms with E-state index in [1.165, 1.54) is 0 Å². The Labute approximate surface area is 103 Å². The fraction of sp³-hybridized carbons (Fsp3) is 0.400. The maximum absolute atomic E-state index is 12.0. The molecule has 6 heteroatoms. The number of hydrogen-bond acceptors (Lipinski definition) is 4. The lowest BCUT2D eigenvalue weighted by molar-refractivity contribution is 0.572. The molecule has 1 aromatic carbocycles. The number of benzene rings is 1. The van der Waals surface area contributed by atoms with E-state index in [9.17, 15) is 8.42 Å². The van der Waals surface area contributed by atoms with Crippen molar-refractivity contribution >= 4 is 31.5 Å². The molecule has 16 heavy (non-hydrogen) atoms. The van der Waals surface area contributed by atoms with Gasteiger partial charge in [0.05, 0.1) is 22.4 Å². The number of sulfone groups is 1. The molecule has 0 bridgehead atoms. The van der Waals surface area contributed by atoms with Gasteiger partial charge in [0, 0.05) is 18.1 Å². The minimum Gasteiger partial charge on any atom is -0.367 e. The Balaban J connectivity index is 2.68. The van der Waals surface area contributed by atoms with E-state index in [1.807, 2.05) is 18.0 Å². The maximum Gasteiger partial charge on any atom is 0.182 e. The van der Waals surface area contributed by atoms with Crippen molar-refractivity contribution in [2.24, 2.45) is 5.73 Å². The number of nitrogens with two attached hydrogens (primary N) is 1. The van der Waals surface area contributed by atoms with Crippen molar-refractivity contribution in [3.05, 3.63) is 22.7 Å². The molecule has 88 valence electrons. The summed E-state index contributed by atoms with van der Waals surface area (Å²) in [7, 11) is -1.34. The number of para-hydroxylation sites is 1. The van der Waals surface area contributed by atoms with Gasteiger partial charge in [0.15, 0.2) is 9.84 Å². The van der Waals surface area contributed by atoms with E-state index in [4.69, 9.17) is 5.73 Å². The molecule has 1 aliphatic rings. The van der Waals surface area contributed by atoms with Gasteiger partial charge in [-0.05, 0) is 28.1 Å². The smallest absolute Gasteiger partial charge is 0.182 e. The van der Waals surface area contributed by atoms with Gasteiger partial charge in [0.2, 0.25) is 0 Å². The molecule has 0 aliphatic carbocycles. The van der Waals surface area contributed by atoms with E-state index >= 15 is 0 Å². The van der Waals surface area contributed by atoms with E-state index in [1.54, 1.807) is 12.1 Å². The molecule has 0 saturated carbocycles. The fourth-order valence-corrected chi connectivity index (χ4v) is 4.61. The van der Waals surface area contributed by atoms with Crippen molar-refractivity contribution in [2.45, 2.75) is 10.9 Å². The third-order valence-corrected chi connectivity index (χ3v) is 5.33. The molecule has 0 amide bonds. The van der Waals surface area contributed by atoms with Crippen LogP contribution < -0.4 is 10.6 Å². The largest absolute Gasteiger partial charge is 0.367 e. The van der Waals surface area contributed by atoms with E-state index in [0.29, 0.717) is 17.1 Å². The molecule has 1 aromatic rings. The molecular formula is C10H13BrN2O2S. The minimum absolute atomic E-state index is 0.0868. The fourth-order valence-electron chi connectivity index (χ4n) is 1.95. The van der Waals surface area contributed by atoms with E-state index < -0.39 is 9.84 Å². The van der Waals surface area contributed by atoms with Gasteiger partial charge in [-0.25, -0.2) is 8.42 Å². The Hall–Kier alpha value is -0.590. The Morgan fingerprint density at radius 3 is 2.88 bits per heavy atom. The van der Waals surface area contributed by atoms with E-state index in [2.05, 4.69) is 15.9 Å². The Morgan fingerprint density at radius 1 is 1.56 bits per heavy atom. The van der Waals surface area contributed by atoms with Crippen LogP contribution in [0.1, 0.15) is 0 Å². The molecule has 2 N–H and O–H groups in total. The highest BCUT2D eigenvalue weighted by Gasteiger charge is 2.34. The quantitative estimate of drug-likeness (QED) is 0.841. The summed E-state index contributed by atoms with van der Waals surface area (Å²) in [6.07, 6.45) is 0. The lowest BCUT2D eigenvalue weighted by Gasteiger charge is -2.35. The van der Waals surface area contributed by atoms with E-state index in [0.717, 1.165) is 4.47 Å².